The van der Waals surface area contributed by atoms with E-state index in [9.17, 15) is 13.2 Å². The fourth-order valence-electron chi connectivity index (χ4n) is 2.81. The summed E-state index contributed by atoms with van der Waals surface area (Å²) in [7, 11) is -2.42. The first-order valence-corrected chi connectivity index (χ1v) is 12.2. The van der Waals surface area contributed by atoms with Crippen LogP contribution in [0, 0.1) is 0 Å². The molecule has 1 N–H and O–H groups in total. The van der Waals surface area contributed by atoms with Crippen LogP contribution in [0.1, 0.15) is 13.8 Å². The minimum absolute atomic E-state index is 0.118. The van der Waals surface area contributed by atoms with Crippen molar-refractivity contribution in [3.05, 3.63) is 48.5 Å². The van der Waals surface area contributed by atoms with Crippen molar-refractivity contribution < 1.29 is 22.7 Å². The zero-order valence-electron chi connectivity index (χ0n) is 17.6. The molecule has 0 aromatic heterocycles. The van der Waals surface area contributed by atoms with Crippen LogP contribution in [0.4, 0.5) is 5.69 Å². The van der Waals surface area contributed by atoms with Gasteiger partial charge in [-0.05, 0) is 68.6 Å². The lowest BCUT2D eigenvalue weighted by atomic mass is 10.3. The maximum atomic E-state index is 13.4. The quantitative estimate of drug-likeness (QED) is 0.527. The van der Waals surface area contributed by atoms with Gasteiger partial charge >= 0.3 is 0 Å². The van der Waals surface area contributed by atoms with Gasteiger partial charge in [0, 0.05) is 18.0 Å². The van der Waals surface area contributed by atoms with E-state index >= 15 is 0 Å². The number of amides is 1. The third-order valence-corrected chi connectivity index (χ3v) is 6.73. The average molecular weight is 453 g/mol. The average Bonchev–Trinajstić information content (AvgIpc) is 2.73. The minimum atomic E-state index is -3.96. The number of rotatable bonds is 11. The van der Waals surface area contributed by atoms with E-state index in [0.717, 1.165) is 9.20 Å². The standard InChI is InChI=1S/C21H28N2O5S2/c1-5-28-18-8-6-17(7-9-18)23(14-21(24)22-16(2)15-27-3)30(25,26)20-12-10-19(29-4)11-13-20/h6-13,16H,5,14-15H2,1-4H3,(H,22,24)/t16-/m0/s1. The number of nitrogens with zero attached hydrogens (tertiary/aromatic N) is 1. The van der Waals surface area contributed by atoms with Gasteiger partial charge in [0.2, 0.25) is 5.91 Å². The Kier molecular flexibility index (Phi) is 9.01. The first-order chi connectivity index (χ1) is 14.3. The molecule has 0 spiro atoms. The number of hydrogen-bond donors (Lipinski definition) is 1. The zero-order chi connectivity index (χ0) is 22.1. The number of carbonyl (C=O) groups is 1. The van der Waals surface area contributed by atoms with Crippen molar-refractivity contribution >= 4 is 33.4 Å². The van der Waals surface area contributed by atoms with Gasteiger partial charge in [-0.2, -0.15) is 0 Å². The van der Waals surface area contributed by atoms with E-state index in [1.165, 1.54) is 18.9 Å². The fourth-order valence-corrected chi connectivity index (χ4v) is 4.64. The third-order valence-electron chi connectivity index (χ3n) is 4.19. The molecular weight excluding hydrogens is 424 g/mol. The summed E-state index contributed by atoms with van der Waals surface area (Å²) in [5.41, 5.74) is 0.377. The minimum Gasteiger partial charge on any atom is -0.494 e. The summed E-state index contributed by atoms with van der Waals surface area (Å²) in [5.74, 6) is 0.207. The number of hydrogen-bond acceptors (Lipinski definition) is 6. The van der Waals surface area contributed by atoms with Gasteiger partial charge in [-0.1, -0.05) is 0 Å². The lowest BCUT2D eigenvalue weighted by Gasteiger charge is -2.25. The van der Waals surface area contributed by atoms with Crippen LogP contribution in [0.5, 0.6) is 5.75 Å². The highest BCUT2D eigenvalue weighted by atomic mass is 32.2. The molecule has 0 aliphatic heterocycles. The van der Waals surface area contributed by atoms with E-state index in [1.54, 1.807) is 55.5 Å². The Morgan fingerprint density at radius 2 is 1.77 bits per heavy atom. The lowest BCUT2D eigenvalue weighted by Crippen LogP contribution is -2.44. The van der Waals surface area contributed by atoms with Crippen molar-refractivity contribution in [2.45, 2.75) is 29.7 Å². The van der Waals surface area contributed by atoms with Crippen LogP contribution >= 0.6 is 11.8 Å². The van der Waals surface area contributed by atoms with Crippen LogP contribution in [0.3, 0.4) is 0 Å². The van der Waals surface area contributed by atoms with E-state index in [-0.39, 0.29) is 17.5 Å². The van der Waals surface area contributed by atoms with E-state index in [0.29, 0.717) is 24.7 Å². The Labute approximate surface area is 182 Å². The number of benzene rings is 2. The normalized spacial score (nSPS) is 12.3. The number of nitrogens with one attached hydrogen (secondary N) is 1. The SMILES string of the molecule is CCOc1ccc(N(CC(=O)N[C@@H](C)COC)S(=O)(=O)c2ccc(SC)cc2)cc1. The molecule has 0 saturated carbocycles. The molecule has 1 amide bonds. The third kappa shape index (κ3) is 6.38. The summed E-state index contributed by atoms with van der Waals surface area (Å²) in [6, 6.07) is 13.0. The van der Waals surface area contributed by atoms with Crippen molar-refractivity contribution in [1.82, 2.24) is 5.32 Å². The number of thioether (sulfide) groups is 1. The molecule has 0 aliphatic rings. The molecule has 2 rings (SSSR count). The lowest BCUT2D eigenvalue weighted by molar-refractivity contribution is -0.120. The fraction of sp³-hybridized carbons (Fsp3) is 0.381. The second-order valence-electron chi connectivity index (χ2n) is 6.54. The van der Waals surface area contributed by atoms with Crippen LogP contribution in [-0.2, 0) is 19.6 Å². The summed E-state index contributed by atoms with van der Waals surface area (Å²) in [4.78, 5) is 13.6. The van der Waals surface area contributed by atoms with Crippen molar-refractivity contribution in [2.75, 3.05) is 37.4 Å². The van der Waals surface area contributed by atoms with Gasteiger partial charge in [-0.15, -0.1) is 11.8 Å². The maximum Gasteiger partial charge on any atom is 0.264 e. The van der Waals surface area contributed by atoms with Crippen molar-refractivity contribution in [1.29, 1.82) is 0 Å². The molecule has 0 radical (unpaired) electrons. The summed E-state index contributed by atoms with van der Waals surface area (Å²) < 4.78 is 38.3. The van der Waals surface area contributed by atoms with Gasteiger partial charge in [0.05, 0.1) is 23.8 Å². The molecule has 7 nitrogen and oxygen atoms in total. The smallest absolute Gasteiger partial charge is 0.264 e. The van der Waals surface area contributed by atoms with Crippen LogP contribution in [-0.4, -0.2) is 53.5 Å². The summed E-state index contributed by atoms with van der Waals surface area (Å²) in [5, 5.41) is 2.76. The molecule has 1 atom stereocenters. The molecule has 0 bridgehead atoms. The monoisotopic (exact) mass is 452 g/mol. The topological polar surface area (TPSA) is 84.9 Å². The summed E-state index contributed by atoms with van der Waals surface area (Å²) in [6.45, 7) is 4.14. The molecule has 30 heavy (non-hydrogen) atoms. The van der Waals surface area contributed by atoms with Crippen LogP contribution in [0.2, 0.25) is 0 Å². The van der Waals surface area contributed by atoms with Gasteiger partial charge in [-0.25, -0.2) is 8.42 Å². The zero-order valence-corrected chi connectivity index (χ0v) is 19.3. The summed E-state index contributed by atoms with van der Waals surface area (Å²) in [6.07, 6.45) is 1.92. The maximum absolute atomic E-state index is 13.4. The molecule has 164 valence electrons. The Hall–Kier alpha value is -2.23. The van der Waals surface area contributed by atoms with Gasteiger partial charge in [0.1, 0.15) is 12.3 Å². The number of sulfonamides is 1. The van der Waals surface area contributed by atoms with Crippen molar-refractivity contribution in [3.63, 3.8) is 0 Å². The van der Waals surface area contributed by atoms with Crippen LogP contribution in [0.15, 0.2) is 58.3 Å². The van der Waals surface area contributed by atoms with E-state index in [1.807, 2.05) is 13.2 Å². The predicted octanol–water partition coefficient (Wildman–Crippen LogP) is 3.15. The molecule has 2 aromatic rings. The second-order valence-corrected chi connectivity index (χ2v) is 9.28. The number of ether oxygens (including phenoxy) is 2. The molecule has 9 heteroatoms. The molecular formula is C21H28N2O5S2. The van der Waals surface area contributed by atoms with Gasteiger partial charge in [-0.3, -0.25) is 9.10 Å². The molecule has 2 aromatic carbocycles. The number of methoxy groups -OCH3 is 1. The Balaban J connectivity index is 2.37. The molecule has 0 aliphatic carbocycles. The van der Waals surface area contributed by atoms with Crippen LogP contribution in [0.25, 0.3) is 0 Å². The van der Waals surface area contributed by atoms with Crippen molar-refractivity contribution in [3.8, 4) is 5.75 Å². The molecule has 0 heterocycles. The molecule has 0 saturated heterocycles. The molecule has 0 fully saturated rings. The number of carbonyl (C=O) groups excluding carboxylic acids is 1. The van der Waals surface area contributed by atoms with E-state index in [2.05, 4.69) is 5.32 Å². The number of anilines is 1. The highest BCUT2D eigenvalue weighted by molar-refractivity contribution is 7.98. The van der Waals surface area contributed by atoms with E-state index in [4.69, 9.17) is 9.47 Å². The highest BCUT2D eigenvalue weighted by Gasteiger charge is 2.27. The first-order valence-electron chi connectivity index (χ1n) is 9.49. The van der Waals surface area contributed by atoms with E-state index < -0.39 is 15.9 Å². The van der Waals surface area contributed by atoms with Gasteiger partial charge < -0.3 is 14.8 Å². The van der Waals surface area contributed by atoms with Crippen molar-refractivity contribution in [2.24, 2.45) is 0 Å². The molecule has 0 unspecified atom stereocenters. The van der Waals surface area contributed by atoms with Crippen LogP contribution < -0.4 is 14.4 Å². The largest absolute Gasteiger partial charge is 0.494 e. The Bertz CT molecular complexity index is 915. The highest BCUT2D eigenvalue weighted by Crippen LogP contribution is 2.27. The van der Waals surface area contributed by atoms with Gasteiger partial charge in [0.15, 0.2) is 0 Å². The summed E-state index contributed by atoms with van der Waals surface area (Å²) >= 11 is 1.52. The predicted molar refractivity (Wildman–Crippen MR) is 120 cm³/mol. The Morgan fingerprint density at radius 1 is 1.13 bits per heavy atom. The Morgan fingerprint density at radius 3 is 2.30 bits per heavy atom. The first kappa shape index (κ1) is 24.0. The second kappa shape index (κ2) is 11.2. The van der Waals surface area contributed by atoms with Gasteiger partial charge in [0.25, 0.3) is 10.0 Å².